The van der Waals surface area contributed by atoms with Gasteiger partial charge in [-0.1, -0.05) is 140 Å². The van der Waals surface area contributed by atoms with Crippen LogP contribution in [0.5, 0.6) is 0 Å². The monoisotopic (exact) mass is 669 g/mol. The van der Waals surface area contributed by atoms with Crippen LogP contribution in [-0.2, 0) is 0 Å². The minimum absolute atomic E-state index is 0.870. The standard InChI is InChI=1S/C46H31N3OSi/c1-3-17-34(18-4-1)51(35-19-5-2-6-20-35,36-21-13-15-32(29-36)41-25-11-12-28-47-41)37-22-14-16-33(30-37)49-42-26-9-7-24-39(42)44-45-40(31-48-46(44)49)38-23-8-10-27-43(38)50-45/h1-31H. The van der Waals surface area contributed by atoms with Crippen molar-refractivity contribution >= 4 is 72.7 Å². The molecule has 0 saturated carbocycles. The molecular weight excluding hydrogens is 639 g/mol. The Morgan fingerprint density at radius 3 is 1.90 bits per heavy atom. The fraction of sp³-hybridized carbons (Fsp3) is 0. The molecule has 10 aromatic rings. The summed E-state index contributed by atoms with van der Waals surface area (Å²) in [4.78, 5) is 9.89. The molecular formula is C46H31N3OSi. The number of hydrogen-bond acceptors (Lipinski definition) is 3. The SMILES string of the molecule is c1ccc([Si](c2ccccc2)(c2cccc(-c3ccccn3)c2)c2cccc(-n3c4ccccc4c4c5oc6ccccc6c5cnc43)c2)cc1. The van der Waals surface area contributed by atoms with Gasteiger partial charge in [0.25, 0.3) is 0 Å². The molecule has 4 heterocycles. The molecule has 4 aromatic heterocycles. The molecule has 51 heavy (non-hydrogen) atoms. The topological polar surface area (TPSA) is 43.9 Å². The minimum atomic E-state index is -2.89. The fourth-order valence-electron chi connectivity index (χ4n) is 8.04. The van der Waals surface area contributed by atoms with E-state index < -0.39 is 8.07 Å². The van der Waals surface area contributed by atoms with Gasteiger partial charge in [0.05, 0.1) is 16.6 Å². The average molecular weight is 670 g/mol. The molecule has 0 unspecified atom stereocenters. The molecule has 0 atom stereocenters. The Kier molecular flexibility index (Phi) is 6.79. The summed E-state index contributed by atoms with van der Waals surface area (Å²) in [7, 11) is -2.89. The van der Waals surface area contributed by atoms with Crippen molar-refractivity contribution in [2.45, 2.75) is 0 Å². The van der Waals surface area contributed by atoms with Gasteiger partial charge in [-0.05, 0) is 57.1 Å². The zero-order chi connectivity index (χ0) is 33.8. The van der Waals surface area contributed by atoms with Gasteiger partial charge in [0, 0.05) is 39.8 Å². The zero-order valence-electron chi connectivity index (χ0n) is 27.6. The maximum Gasteiger partial charge on any atom is 0.179 e. The van der Waals surface area contributed by atoms with Gasteiger partial charge in [0.15, 0.2) is 8.07 Å². The highest BCUT2D eigenvalue weighted by Crippen LogP contribution is 2.39. The Hall–Kier alpha value is -6.56. The predicted octanol–water partition coefficient (Wildman–Crippen LogP) is 8.52. The Morgan fingerprint density at radius 2 is 1.14 bits per heavy atom. The van der Waals surface area contributed by atoms with Crippen molar-refractivity contribution in [3.8, 4) is 16.9 Å². The molecule has 0 saturated heterocycles. The first-order valence-electron chi connectivity index (χ1n) is 17.2. The van der Waals surface area contributed by atoms with Crippen molar-refractivity contribution in [1.82, 2.24) is 14.5 Å². The van der Waals surface area contributed by atoms with Crippen LogP contribution in [0.2, 0.25) is 0 Å². The number of rotatable bonds is 6. The Morgan fingerprint density at radius 1 is 0.490 bits per heavy atom. The first-order chi connectivity index (χ1) is 25.3. The molecule has 10 rings (SSSR count). The summed E-state index contributed by atoms with van der Waals surface area (Å²) in [5.41, 5.74) is 6.84. The Balaban J connectivity index is 1.28. The van der Waals surface area contributed by atoms with E-state index in [1.54, 1.807) is 0 Å². The first kappa shape index (κ1) is 29.4. The fourth-order valence-corrected chi connectivity index (χ4v) is 12.9. The quantitative estimate of drug-likeness (QED) is 0.132. The highest BCUT2D eigenvalue weighted by Gasteiger charge is 2.42. The molecule has 0 N–H and O–H groups in total. The van der Waals surface area contributed by atoms with Crippen molar-refractivity contribution in [3.05, 3.63) is 188 Å². The van der Waals surface area contributed by atoms with Crippen molar-refractivity contribution in [1.29, 1.82) is 0 Å². The van der Waals surface area contributed by atoms with Crippen LogP contribution < -0.4 is 20.7 Å². The number of aromatic nitrogens is 3. The summed E-state index contributed by atoms with van der Waals surface area (Å²) in [6.07, 6.45) is 3.84. The lowest BCUT2D eigenvalue weighted by Gasteiger charge is -2.35. The van der Waals surface area contributed by atoms with E-state index in [0.717, 1.165) is 60.8 Å². The predicted molar refractivity (Wildman–Crippen MR) is 213 cm³/mol. The molecule has 0 aliphatic rings. The van der Waals surface area contributed by atoms with Crippen LogP contribution in [0, 0.1) is 0 Å². The van der Waals surface area contributed by atoms with Gasteiger partial charge in [-0.3, -0.25) is 9.55 Å². The molecule has 6 aromatic carbocycles. The smallest absolute Gasteiger partial charge is 0.179 e. The lowest BCUT2D eigenvalue weighted by molar-refractivity contribution is 0.672. The number of fused-ring (bicyclic) bond motifs is 7. The molecule has 0 aliphatic heterocycles. The summed E-state index contributed by atoms with van der Waals surface area (Å²) in [6, 6.07) is 63.2. The van der Waals surface area contributed by atoms with Crippen LogP contribution in [0.1, 0.15) is 0 Å². The molecule has 5 heteroatoms. The Bertz CT molecular complexity index is 2820. The van der Waals surface area contributed by atoms with Crippen LogP contribution in [0.25, 0.3) is 60.8 Å². The van der Waals surface area contributed by atoms with Crippen molar-refractivity contribution < 1.29 is 4.42 Å². The first-order valence-corrected chi connectivity index (χ1v) is 19.2. The van der Waals surface area contributed by atoms with Crippen LogP contribution in [-0.4, -0.2) is 22.6 Å². The normalized spacial score (nSPS) is 11.9. The molecule has 0 spiro atoms. The van der Waals surface area contributed by atoms with Gasteiger partial charge in [0.1, 0.15) is 16.8 Å². The minimum Gasteiger partial charge on any atom is -0.455 e. The lowest BCUT2D eigenvalue weighted by atomic mass is 10.1. The summed E-state index contributed by atoms with van der Waals surface area (Å²) < 4.78 is 8.88. The van der Waals surface area contributed by atoms with Crippen LogP contribution >= 0.6 is 0 Å². The zero-order valence-corrected chi connectivity index (χ0v) is 28.6. The van der Waals surface area contributed by atoms with E-state index >= 15 is 0 Å². The number of nitrogens with zero attached hydrogens (tertiary/aromatic N) is 3. The van der Waals surface area contributed by atoms with Gasteiger partial charge >= 0.3 is 0 Å². The largest absolute Gasteiger partial charge is 0.455 e. The lowest BCUT2D eigenvalue weighted by Crippen LogP contribution is -2.74. The summed E-state index contributed by atoms with van der Waals surface area (Å²) in [5, 5.41) is 9.47. The maximum atomic E-state index is 6.57. The van der Waals surface area contributed by atoms with E-state index in [1.807, 2.05) is 30.6 Å². The van der Waals surface area contributed by atoms with E-state index in [0.29, 0.717) is 0 Å². The van der Waals surface area contributed by atoms with Crippen molar-refractivity contribution in [3.63, 3.8) is 0 Å². The van der Waals surface area contributed by atoms with Crippen LogP contribution in [0.15, 0.2) is 193 Å². The second-order valence-corrected chi connectivity index (χ2v) is 16.8. The van der Waals surface area contributed by atoms with E-state index in [-0.39, 0.29) is 0 Å². The average Bonchev–Trinajstić information content (AvgIpc) is 3.76. The highest BCUT2D eigenvalue weighted by molar-refractivity contribution is 7.20. The molecule has 240 valence electrons. The highest BCUT2D eigenvalue weighted by atomic mass is 28.3. The third-order valence-corrected chi connectivity index (χ3v) is 15.0. The number of furan rings is 1. The molecule has 4 nitrogen and oxygen atoms in total. The number of pyridine rings is 2. The van der Waals surface area contributed by atoms with Crippen LogP contribution in [0.3, 0.4) is 0 Å². The molecule has 0 amide bonds. The maximum absolute atomic E-state index is 6.57. The van der Waals surface area contributed by atoms with Gasteiger partial charge in [-0.15, -0.1) is 0 Å². The van der Waals surface area contributed by atoms with Gasteiger partial charge in [-0.25, -0.2) is 4.98 Å². The second-order valence-electron chi connectivity index (χ2n) is 13.0. The number of para-hydroxylation sites is 2. The van der Waals surface area contributed by atoms with Crippen LogP contribution in [0.4, 0.5) is 0 Å². The summed E-state index contributed by atoms with van der Waals surface area (Å²) >= 11 is 0. The van der Waals surface area contributed by atoms with Crippen molar-refractivity contribution in [2.24, 2.45) is 0 Å². The van der Waals surface area contributed by atoms with E-state index in [1.165, 1.54) is 20.7 Å². The van der Waals surface area contributed by atoms with Gasteiger partial charge in [-0.2, -0.15) is 0 Å². The van der Waals surface area contributed by atoms with Gasteiger partial charge < -0.3 is 4.42 Å². The van der Waals surface area contributed by atoms with Crippen molar-refractivity contribution in [2.75, 3.05) is 0 Å². The third-order valence-electron chi connectivity index (χ3n) is 10.2. The van der Waals surface area contributed by atoms with Gasteiger partial charge in [0.2, 0.25) is 0 Å². The Labute approximate surface area is 295 Å². The molecule has 0 bridgehead atoms. The molecule has 0 radical (unpaired) electrons. The van der Waals surface area contributed by atoms with E-state index in [9.17, 15) is 0 Å². The van der Waals surface area contributed by atoms with E-state index in [2.05, 4.69) is 162 Å². The number of benzene rings is 6. The summed E-state index contributed by atoms with van der Waals surface area (Å²) in [6.45, 7) is 0. The van der Waals surface area contributed by atoms with E-state index in [4.69, 9.17) is 14.4 Å². The summed E-state index contributed by atoms with van der Waals surface area (Å²) in [5.74, 6) is 0. The molecule has 0 aliphatic carbocycles. The number of hydrogen-bond donors (Lipinski definition) is 0. The third kappa shape index (κ3) is 4.52. The second kappa shape index (κ2) is 11.8. The molecule has 0 fully saturated rings.